The summed E-state index contributed by atoms with van der Waals surface area (Å²) in [6.45, 7) is 3.51. The number of anilines is 1. The second kappa shape index (κ2) is 6.57. The van der Waals surface area contributed by atoms with Gasteiger partial charge >= 0.3 is 0 Å². The van der Waals surface area contributed by atoms with E-state index in [1.165, 1.54) is 12.1 Å². The van der Waals surface area contributed by atoms with Gasteiger partial charge in [-0.2, -0.15) is 0 Å². The molecule has 1 atom stereocenters. The van der Waals surface area contributed by atoms with Gasteiger partial charge in [0.1, 0.15) is 17.3 Å². The summed E-state index contributed by atoms with van der Waals surface area (Å²) in [6.07, 6.45) is 0.664. The summed E-state index contributed by atoms with van der Waals surface area (Å²) in [5.41, 5.74) is 1.44. The average Bonchev–Trinajstić information content (AvgIpc) is 2.48. The van der Waals surface area contributed by atoms with Crippen LogP contribution < -0.4 is 10.1 Å². The Morgan fingerprint density at radius 1 is 1.10 bits per heavy atom. The molecule has 2 nitrogen and oxygen atoms in total. The highest BCUT2D eigenvalue weighted by atomic mass is 19.1. The number of hydrogen-bond donors (Lipinski definition) is 1. The van der Waals surface area contributed by atoms with Gasteiger partial charge in [0.05, 0.1) is 7.11 Å². The van der Waals surface area contributed by atoms with Gasteiger partial charge in [0.25, 0.3) is 0 Å². The molecule has 0 saturated heterocycles. The normalized spacial score (nSPS) is 12.0. The lowest BCUT2D eigenvalue weighted by Gasteiger charge is -2.17. The minimum absolute atomic E-state index is 0.0592. The van der Waals surface area contributed by atoms with Crippen molar-refractivity contribution in [3.05, 3.63) is 59.2 Å². The van der Waals surface area contributed by atoms with Gasteiger partial charge in [-0.05, 0) is 49.6 Å². The van der Waals surface area contributed by atoms with E-state index in [-0.39, 0.29) is 11.7 Å². The third-order valence-electron chi connectivity index (χ3n) is 3.38. The van der Waals surface area contributed by atoms with Crippen molar-refractivity contribution in [2.45, 2.75) is 26.3 Å². The first-order chi connectivity index (χ1) is 10.0. The maximum Gasteiger partial charge on any atom is 0.152 e. The monoisotopic (exact) mass is 291 g/mol. The van der Waals surface area contributed by atoms with Gasteiger partial charge in [-0.1, -0.05) is 18.2 Å². The number of aryl methyl sites for hydroxylation is 1. The van der Waals surface area contributed by atoms with Crippen LogP contribution in [0, 0.1) is 18.6 Å². The molecule has 0 aliphatic heterocycles. The Kier molecular flexibility index (Phi) is 4.78. The molecule has 0 radical (unpaired) electrons. The second-order valence-corrected chi connectivity index (χ2v) is 5.15. The molecule has 2 aromatic rings. The Morgan fingerprint density at radius 3 is 2.38 bits per heavy atom. The van der Waals surface area contributed by atoms with E-state index in [1.807, 2.05) is 31.2 Å². The van der Waals surface area contributed by atoms with Crippen LogP contribution in [0.25, 0.3) is 0 Å². The third-order valence-corrected chi connectivity index (χ3v) is 3.38. The number of methoxy groups -OCH3 is 1. The smallest absolute Gasteiger partial charge is 0.152 e. The van der Waals surface area contributed by atoms with Crippen LogP contribution in [0.5, 0.6) is 5.75 Å². The van der Waals surface area contributed by atoms with E-state index in [2.05, 4.69) is 5.32 Å². The van der Waals surface area contributed by atoms with Crippen molar-refractivity contribution in [2.24, 2.45) is 0 Å². The van der Waals surface area contributed by atoms with Gasteiger partial charge in [-0.15, -0.1) is 0 Å². The van der Waals surface area contributed by atoms with Crippen molar-refractivity contribution in [1.82, 2.24) is 0 Å². The first-order valence-electron chi connectivity index (χ1n) is 6.85. The highest BCUT2D eigenvalue weighted by Gasteiger charge is 2.14. The molecule has 0 fully saturated rings. The van der Waals surface area contributed by atoms with Crippen LogP contribution >= 0.6 is 0 Å². The van der Waals surface area contributed by atoms with Crippen LogP contribution in [-0.4, -0.2) is 13.2 Å². The Balaban J connectivity index is 2.07. The fourth-order valence-corrected chi connectivity index (χ4v) is 2.20. The number of hydrogen-bond acceptors (Lipinski definition) is 2. The quantitative estimate of drug-likeness (QED) is 0.885. The number of benzene rings is 2. The van der Waals surface area contributed by atoms with Crippen molar-refractivity contribution < 1.29 is 13.5 Å². The number of rotatable bonds is 5. The highest BCUT2D eigenvalue weighted by Crippen LogP contribution is 2.23. The zero-order valence-electron chi connectivity index (χ0n) is 12.4. The summed E-state index contributed by atoms with van der Waals surface area (Å²) in [4.78, 5) is 0. The summed E-state index contributed by atoms with van der Waals surface area (Å²) < 4.78 is 32.8. The zero-order chi connectivity index (χ0) is 15.4. The van der Waals surface area contributed by atoms with Crippen LogP contribution in [0.1, 0.15) is 18.1 Å². The molecule has 0 heterocycles. The Morgan fingerprint density at radius 2 is 1.76 bits per heavy atom. The van der Waals surface area contributed by atoms with Crippen molar-refractivity contribution in [3.8, 4) is 5.75 Å². The lowest BCUT2D eigenvalue weighted by atomic mass is 10.1. The van der Waals surface area contributed by atoms with Crippen LogP contribution in [-0.2, 0) is 6.42 Å². The molecule has 2 aromatic carbocycles. The fraction of sp³-hybridized carbons (Fsp3) is 0.294. The average molecular weight is 291 g/mol. The van der Waals surface area contributed by atoms with Gasteiger partial charge < -0.3 is 10.1 Å². The summed E-state index contributed by atoms with van der Waals surface area (Å²) in [5, 5.41) is 2.92. The van der Waals surface area contributed by atoms with E-state index >= 15 is 0 Å². The Bertz CT molecular complexity index is 611. The van der Waals surface area contributed by atoms with E-state index in [4.69, 9.17) is 4.74 Å². The zero-order valence-corrected chi connectivity index (χ0v) is 12.4. The number of nitrogens with one attached hydrogen (secondary N) is 1. The molecule has 0 aromatic heterocycles. The second-order valence-electron chi connectivity index (χ2n) is 5.15. The van der Waals surface area contributed by atoms with Crippen molar-refractivity contribution in [3.63, 3.8) is 0 Å². The van der Waals surface area contributed by atoms with Crippen molar-refractivity contribution >= 4 is 5.69 Å². The lowest BCUT2D eigenvalue weighted by molar-refractivity contribution is 0.414. The third kappa shape index (κ3) is 3.72. The standard InChI is InChI=1S/C17H19F2NO/c1-11-4-9-15(18)17(16(11)19)20-12(2)10-13-5-7-14(21-3)8-6-13/h4-9,12,20H,10H2,1-3H3. The maximum atomic E-state index is 13.9. The molecule has 0 amide bonds. The summed E-state index contributed by atoms with van der Waals surface area (Å²) in [6, 6.07) is 10.3. The molecule has 112 valence electrons. The van der Waals surface area contributed by atoms with E-state index in [1.54, 1.807) is 14.0 Å². The molecule has 1 N–H and O–H groups in total. The summed E-state index contributed by atoms with van der Waals surface area (Å²) >= 11 is 0. The van der Waals surface area contributed by atoms with Gasteiger partial charge in [0.2, 0.25) is 0 Å². The fourth-order valence-electron chi connectivity index (χ4n) is 2.20. The van der Waals surface area contributed by atoms with Crippen LogP contribution in [0.3, 0.4) is 0 Å². The molecule has 0 spiro atoms. The maximum absolute atomic E-state index is 13.9. The molecule has 0 bridgehead atoms. The molecule has 0 saturated carbocycles. The molecule has 2 rings (SSSR count). The van der Waals surface area contributed by atoms with Gasteiger partial charge in [-0.25, -0.2) is 8.78 Å². The molecule has 0 aliphatic carbocycles. The topological polar surface area (TPSA) is 21.3 Å². The van der Waals surface area contributed by atoms with Crippen LogP contribution in [0.15, 0.2) is 36.4 Å². The summed E-state index contributed by atoms with van der Waals surface area (Å²) in [5.74, 6) is -0.314. The number of ether oxygens (including phenoxy) is 1. The van der Waals surface area contributed by atoms with Crippen molar-refractivity contribution in [2.75, 3.05) is 12.4 Å². The molecule has 4 heteroatoms. The molecule has 21 heavy (non-hydrogen) atoms. The van der Waals surface area contributed by atoms with Crippen LogP contribution in [0.2, 0.25) is 0 Å². The first-order valence-corrected chi connectivity index (χ1v) is 6.85. The molecule has 1 unspecified atom stereocenters. The predicted octanol–water partition coefficient (Wildman–Crippen LogP) is 4.32. The predicted molar refractivity (Wildman–Crippen MR) is 80.9 cm³/mol. The van der Waals surface area contributed by atoms with Gasteiger partial charge in [0.15, 0.2) is 5.82 Å². The van der Waals surface area contributed by atoms with E-state index in [0.29, 0.717) is 12.0 Å². The van der Waals surface area contributed by atoms with Gasteiger partial charge in [-0.3, -0.25) is 0 Å². The van der Waals surface area contributed by atoms with Gasteiger partial charge in [0, 0.05) is 6.04 Å². The Labute approximate surface area is 123 Å². The SMILES string of the molecule is COc1ccc(CC(C)Nc2c(F)ccc(C)c2F)cc1. The molecular formula is C17H19F2NO. The molecular weight excluding hydrogens is 272 g/mol. The molecule has 0 aliphatic rings. The highest BCUT2D eigenvalue weighted by molar-refractivity contribution is 5.49. The van der Waals surface area contributed by atoms with Crippen LogP contribution in [0.4, 0.5) is 14.5 Å². The summed E-state index contributed by atoms with van der Waals surface area (Å²) in [7, 11) is 1.61. The van der Waals surface area contributed by atoms with E-state index < -0.39 is 11.6 Å². The largest absolute Gasteiger partial charge is 0.497 e. The van der Waals surface area contributed by atoms with Crippen molar-refractivity contribution in [1.29, 1.82) is 0 Å². The van der Waals surface area contributed by atoms with E-state index in [9.17, 15) is 8.78 Å². The number of halogens is 2. The minimum atomic E-state index is -0.570. The lowest BCUT2D eigenvalue weighted by Crippen LogP contribution is -2.20. The van der Waals surface area contributed by atoms with E-state index in [0.717, 1.165) is 11.3 Å². The first kappa shape index (κ1) is 15.3. The minimum Gasteiger partial charge on any atom is -0.497 e. The Hall–Kier alpha value is -2.10.